The number of rotatable bonds is 8. The number of halogens is 3. The minimum absolute atomic E-state index is 0.0566. The number of carboxylic acid groups (broad SMARTS) is 1. The normalized spacial score (nSPS) is 11.0. The zero-order valence-electron chi connectivity index (χ0n) is 17.2. The summed E-state index contributed by atoms with van der Waals surface area (Å²) in [4.78, 5) is 24.1. The molecule has 10 heteroatoms. The van der Waals surface area contributed by atoms with Crippen LogP contribution in [-0.2, 0) is 28.7 Å². The molecule has 2 rings (SSSR count). The van der Waals surface area contributed by atoms with Crippen LogP contribution >= 0.6 is 0 Å². The van der Waals surface area contributed by atoms with Crippen molar-refractivity contribution in [2.45, 2.75) is 26.1 Å². The summed E-state index contributed by atoms with van der Waals surface area (Å²) in [5.41, 5.74) is -0.392. The summed E-state index contributed by atoms with van der Waals surface area (Å²) in [7, 11) is 2.55. The third-order valence-electron chi connectivity index (χ3n) is 4.37. The first-order chi connectivity index (χ1) is 14.6. The maximum atomic E-state index is 13.2. The number of alkyl halides is 3. The Morgan fingerprint density at radius 2 is 1.71 bits per heavy atom. The van der Waals surface area contributed by atoms with E-state index < -0.39 is 23.8 Å². The van der Waals surface area contributed by atoms with Crippen LogP contribution in [0.2, 0.25) is 0 Å². The van der Waals surface area contributed by atoms with Gasteiger partial charge in [-0.3, -0.25) is 4.79 Å². The van der Waals surface area contributed by atoms with E-state index in [1.54, 1.807) is 13.0 Å². The number of hydrogen-bond donors (Lipinski definition) is 1. The van der Waals surface area contributed by atoms with Gasteiger partial charge in [-0.25, -0.2) is 4.79 Å². The number of carbonyl (C=O) groups is 2. The molecule has 0 unspecified atom stereocenters. The van der Waals surface area contributed by atoms with Gasteiger partial charge in [-0.05, 0) is 42.8 Å². The van der Waals surface area contributed by atoms with Gasteiger partial charge in [0.2, 0.25) is 0 Å². The van der Waals surface area contributed by atoms with E-state index in [-0.39, 0.29) is 42.3 Å². The largest absolute Gasteiger partial charge is 0.493 e. The first kappa shape index (κ1) is 23.8. The molecule has 31 heavy (non-hydrogen) atoms. The average molecular weight is 441 g/mol. The van der Waals surface area contributed by atoms with Crippen LogP contribution in [0.3, 0.4) is 0 Å². The lowest BCUT2D eigenvalue weighted by Gasteiger charge is -2.22. The summed E-state index contributed by atoms with van der Waals surface area (Å²) in [6.07, 6.45) is -5.56. The highest BCUT2D eigenvalue weighted by molar-refractivity contribution is 5.70. The predicted octanol–water partition coefficient (Wildman–Crippen LogP) is 4.72. The molecule has 0 fully saturated rings. The van der Waals surface area contributed by atoms with Crippen molar-refractivity contribution in [1.82, 2.24) is 4.90 Å². The number of benzene rings is 2. The van der Waals surface area contributed by atoms with Gasteiger partial charge in [0.1, 0.15) is 5.75 Å². The smallest absolute Gasteiger partial charge is 0.416 e. The lowest BCUT2D eigenvalue weighted by Crippen LogP contribution is -2.30. The Labute approximate surface area is 176 Å². The Hall–Kier alpha value is -3.43. The van der Waals surface area contributed by atoms with Crippen LogP contribution in [-0.4, -0.2) is 42.8 Å². The molecular formula is C21H22F3NO6. The number of hydrogen-bond acceptors (Lipinski definition) is 5. The van der Waals surface area contributed by atoms with E-state index in [0.717, 1.165) is 18.2 Å². The Kier molecular flexibility index (Phi) is 7.73. The van der Waals surface area contributed by atoms with Crippen molar-refractivity contribution < 1.29 is 42.1 Å². The minimum atomic E-state index is -4.59. The van der Waals surface area contributed by atoms with Crippen molar-refractivity contribution in [3.8, 4) is 17.2 Å². The second kappa shape index (κ2) is 10.1. The maximum absolute atomic E-state index is 13.2. The van der Waals surface area contributed by atoms with E-state index in [1.807, 2.05) is 0 Å². The number of carbonyl (C=O) groups excluding carboxylic acids is 1. The zero-order valence-corrected chi connectivity index (χ0v) is 17.2. The van der Waals surface area contributed by atoms with E-state index in [0.29, 0.717) is 5.56 Å². The lowest BCUT2D eigenvalue weighted by atomic mass is 10.1. The van der Waals surface area contributed by atoms with Crippen LogP contribution in [0.25, 0.3) is 0 Å². The zero-order chi connectivity index (χ0) is 23.2. The summed E-state index contributed by atoms with van der Waals surface area (Å²) in [5, 5.41) is 9.00. The second-order valence-electron chi connectivity index (χ2n) is 6.46. The molecule has 0 aliphatic carbocycles. The number of methoxy groups -OCH3 is 2. The van der Waals surface area contributed by atoms with Crippen LogP contribution in [0.4, 0.5) is 18.0 Å². The van der Waals surface area contributed by atoms with Crippen LogP contribution in [0.5, 0.6) is 17.2 Å². The fourth-order valence-electron chi connectivity index (χ4n) is 2.82. The molecule has 0 aliphatic rings. The molecule has 0 spiro atoms. The van der Waals surface area contributed by atoms with Gasteiger partial charge in [0.15, 0.2) is 11.5 Å². The Balaban J connectivity index is 2.50. The van der Waals surface area contributed by atoms with Gasteiger partial charge in [0.25, 0.3) is 0 Å². The van der Waals surface area contributed by atoms with Gasteiger partial charge in [-0.2, -0.15) is 13.2 Å². The van der Waals surface area contributed by atoms with E-state index >= 15 is 0 Å². The molecule has 0 atom stereocenters. The number of carboxylic acids is 1. The molecule has 2 aromatic carbocycles. The van der Waals surface area contributed by atoms with E-state index in [9.17, 15) is 22.8 Å². The monoisotopic (exact) mass is 441 g/mol. The highest BCUT2D eigenvalue weighted by Crippen LogP contribution is 2.37. The van der Waals surface area contributed by atoms with Gasteiger partial charge >= 0.3 is 18.2 Å². The summed E-state index contributed by atoms with van der Waals surface area (Å²) in [6, 6.07) is 7.39. The van der Waals surface area contributed by atoms with Crippen molar-refractivity contribution in [3.63, 3.8) is 0 Å². The van der Waals surface area contributed by atoms with Gasteiger partial charge in [0.05, 0.1) is 32.7 Å². The molecule has 0 aliphatic heterocycles. The Morgan fingerprint density at radius 1 is 1.03 bits per heavy atom. The average Bonchev–Trinajstić information content (AvgIpc) is 2.71. The molecule has 0 saturated heterocycles. The van der Waals surface area contributed by atoms with E-state index in [1.165, 1.54) is 31.3 Å². The molecule has 1 N–H and O–H groups in total. The van der Waals surface area contributed by atoms with Crippen molar-refractivity contribution in [3.05, 3.63) is 53.1 Å². The number of amides is 1. The van der Waals surface area contributed by atoms with Gasteiger partial charge < -0.3 is 24.2 Å². The third kappa shape index (κ3) is 6.27. The van der Waals surface area contributed by atoms with Crippen molar-refractivity contribution in [1.29, 1.82) is 0 Å². The molecule has 168 valence electrons. The van der Waals surface area contributed by atoms with Crippen LogP contribution in [0.15, 0.2) is 36.4 Å². The molecule has 1 amide bonds. The summed E-state index contributed by atoms with van der Waals surface area (Å²) in [6.45, 7) is 1.66. The van der Waals surface area contributed by atoms with Gasteiger partial charge in [-0.1, -0.05) is 6.07 Å². The number of nitrogens with zero attached hydrogens (tertiary/aromatic N) is 1. The van der Waals surface area contributed by atoms with Crippen LogP contribution < -0.4 is 9.47 Å². The SMILES string of the molecule is CCN(Cc1cc(C(F)(F)F)ccc1Oc1cc(CC(=O)O)ccc1OC)C(=O)OC. The third-order valence-corrected chi connectivity index (χ3v) is 4.37. The molecule has 2 aromatic rings. The summed E-state index contributed by atoms with van der Waals surface area (Å²) >= 11 is 0. The predicted molar refractivity (Wildman–Crippen MR) is 104 cm³/mol. The van der Waals surface area contributed by atoms with Crippen LogP contribution in [0.1, 0.15) is 23.6 Å². The molecule has 0 saturated carbocycles. The van der Waals surface area contributed by atoms with Crippen LogP contribution in [0, 0.1) is 0 Å². The minimum Gasteiger partial charge on any atom is -0.493 e. The standard InChI is InChI=1S/C21H22F3NO6/c1-4-25(20(28)30-3)12-14-11-15(21(22,23)24)6-8-16(14)31-18-9-13(10-19(26)27)5-7-17(18)29-2/h5-9,11H,4,10,12H2,1-3H3,(H,26,27). The molecule has 0 radical (unpaired) electrons. The molecule has 7 nitrogen and oxygen atoms in total. The van der Waals surface area contributed by atoms with Crippen molar-refractivity contribution in [2.75, 3.05) is 20.8 Å². The van der Waals surface area contributed by atoms with Gasteiger partial charge in [-0.15, -0.1) is 0 Å². The quantitative estimate of drug-likeness (QED) is 0.638. The van der Waals surface area contributed by atoms with Gasteiger partial charge in [0, 0.05) is 12.1 Å². The number of ether oxygens (including phenoxy) is 3. The fourth-order valence-corrected chi connectivity index (χ4v) is 2.82. The maximum Gasteiger partial charge on any atom is 0.416 e. The molecule has 0 aromatic heterocycles. The Bertz CT molecular complexity index is 945. The summed E-state index contributed by atoms with van der Waals surface area (Å²) < 4.78 is 55.4. The molecular weight excluding hydrogens is 419 g/mol. The highest BCUT2D eigenvalue weighted by atomic mass is 19.4. The van der Waals surface area contributed by atoms with E-state index in [4.69, 9.17) is 14.6 Å². The fraction of sp³-hybridized carbons (Fsp3) is 0.333. The highest BCUT2D eigenvalue weighted by Gasteiger charge is 2.31. The van der Waals surface area contributed by atoms with E-state index in [2.05, 4.69) is 4.74 Å². The topological polar surface area (TPSA) is 85.3 Å². The molecule has 0 bridgehead atoms. The van der Waals surface area contributed by atoms with Crippen molar-refractivity contribution >= 4 is 12.1 Å². The Morgan fingerprint density at radius 3 is 2.26 bits per heavy atom. The summed E-state index contributed by atoms with van der Waals surface area (Å²) in [5.74, 6) is -0.604. The lowest BCUT2D eigenvalue weighted by molar-refractivity contribution is -0.138. The first-order valence-corrected chi connectivity index (χ1v) is 9.18. The number of aliphatic carboxylic acids is 1. The first-order valence-electron chi connectivity index (χ1n) is 9.18. The van der Waals surface area contributed by atoms with Crippen molar-refractivity contribution in [2.24, 2.45) is 0 Å². The molecule has 0 heterocycles. The second-order valence-corrected chi connectivity index (χ2v) is 6.46.